The van der Waals surface area contributed by atoms with Crippen molar-refractivity contribution in [2.24, 2.45) is 0 Å². The Balaban J connectivity index is 1.43. The van der Waals surface area contributed by atoms with Gasteiger partial charge < -0.3 is 5.32 Å². The molecular formula is C23H29N3O2S2. The first kappa shape index (κ1) is 21.5. The lowest BCUT2D eigenvalue weighted by Gasteiger charge is -2.26. The molecule has 30 heavy (non-hydrogen) atoms. The van der Waals surface area contributed by atoms with Crippen LogP contribution in [0.4, 0.5) is 0 Å². The Morgan fingerprint density at radius 1 is 1.23 bits per heavy atom. The summed E-state index contributed by atoms with van der Waals surface area (Å²) in [6.07, 6.45) is 7.24. The first-order chi connectivity index (χ1) is 14.6. The smallest absolute Gasteiger partial charge is 0.268 e. The summed E-state index contributed by atoms with van der Waals surface area (Å²) < 4.78 is 1.91. The second kappa shape index (κ2) is 10.1. The van der Waals surface area contributed by atoms with E-state index in [0.717, 1.165) is 54.3 Å². The van der Waals surface area contributed by atoms with Crippen LogP contribution in [-0.4, -0.2) is 33.0 Å². The Labute approximate surface area is 186 Å². The molecule has 1 aromatic carbocycles. The zero-order valence-corrected chi connectivity index (χ0v) is 19.1. The van der Waals surface area contributed by atoms with Crippen molar-refractivity contribution in [3.05, 3.63) is 51.9 Å². The summed E-state index contributed by atoms with van der Waals surface area (Å²) in [5.41, 5.74) is 2.23. The van der Waals surface area contributed by atoms with Gasteiger partial charge in [-0.1, -0.05) is 68.3 Å². The number of rotatable bonds is 7. The molecule has 4 rings (SSSR count). The van der Waals surface area contributed by atoms with Crippen LogP contribution in [-0.2, 0) is 17.6 Å². The van der Waals surface area contributed by atoms with Gasteiger partial charge in [0.2, 0.25) is 5.91 Å². The molecule has 160 valence electrons. The zero-order valence-electron chi connectivity index (χ0n) is 17.4. The number of nitrogens with zero attached hydrogens (tertiary/aromatic N) is 2. The van der Waals surface area contributed by atoms with Crippen LogP contribution in [0.3, 0.4) is 0 Å². The van der Waals surface area contributed by atoms with Gasteiger partial charge in [0.05, 0.1) is 16.3 Å². The highest BCUT2D eigenvalue weighted by Crippen LogP contribution is 2.36. The van der Waals surface area contributed by atoms with E-state index in [9.17, 15) is 9.59 Å². The predicted molar refractivity (Wildman–Crippen MR) is 124 cm³/mol. The lowest BCUT2D eigenvalue weighted by molar-refractivity contribution is -0.118. The minimum Gasteiger partial charge on any atom is -0.355 e. The predicted octanol–water partition coefficient (Wildman–Crippen LogP) is 4.24. The Hall–Kier alpha value is -1.73. The third kappa shape index (κ3) is 5.11. The summed E-state index contributed by atoms with van der Waals surface area (Å²) in [5, 5.41) is 4.11. The summed E-state index contributed by atoms with van der Waals surface area (Å²) in [6, 6.07) is 10.4. The number of amides is 1. The third-order valence-electron chi connectivity index (χ3n) is 5.76. The Kier molecular flexibility index (Phi) is 7.20. The van der Waals surface area contributed by atoms with E-state index in [1.165, 1.54) is 23.7 Å². The van der Waals surface area contributed by atoms with Gasteiger partial charge in [0, 0.05) is 24.3 Å². The van der Waals surface area contributed by atoms with Crippen LogP contribution < -0.4 is 10.9 Å². The van der Waals surface area contributed by atoms with E-state index in [-0.39, 0.29) is 23.3 Å². The number of aromatic nitrogens is 2. The largest absolute Gasteiger partial charge is 0.355 e. The number of benzene rings is 1. The Bertz CT molecular complexity index is 939. The molecule has 0 bridgehead atoms. The number of carbonyl (C=O) groups is 1. The van der Waals surface area contributed by atoms with Gasteiger partial charge in [-0.2, -0.15) is 0 Å². The van der Waals surface area contributed by atoms with E-state index in [1.807, 2.05) is 22.8 Å². The first-order valence-corrected chi connectivity index (χ1v) is 12.7. The van der Waals surface area contributed by atoms with Gasteiger partial charge in [0.15, 0.2) is 5.16 Å². The van der Waals surface area contributed by atoms with Crippen LogP contribution in [0.5, 0.6) is 0 Å². The van der Waals surface area contributed by atoms with Gasteiger partial charge in [-0.25, -0.2) is 4.98 Å². The molecule has 1 amide bonds. The monoisotopic (exact) mass is 443 g/mol. The van der Waals surface area contributed by atoms with Gasteiger partial charge in [-0.3, -0.25) is 14.2 Å². The van der Waals surface area contributed by atoms with Gasteiger partial charge in [0.25, 0.3) is 5.56 Å². The fraction of sp³-hybridized carbons (Fsp3) is 0.522. The van der Waals surface area contributed by atoms with Crippen molar-refractivity contribution in [2.45, 2.75) is 73.2 Å². The first-order valence-electron chi connectivity index (χ1n) is 10.9. The standard InChI is InChI=1S/C23H29N3O2S2/c1-16-14-19-21(30-16)22(28)26(18-10-6-3-7-11-18)23(25-19)29-15-20(27)24-13-12-17-8-4-2-5-9-17/h2,4-5,8-9,16,18H,3,6-7,10-15H2,1H3,(H,24,27). The molecule has 1 aliphatic carbocycles. The maximum absolute atomic E-state index is 13.3. The minimum atomic E-state index is -0.0105. The number of hydrogen-bond donors (Lipinski definition) is 1. The van der Waals surface area contributed by atoms with E-state index in [1.54, 1.807) is 11.8 Å². The average molecular weight is 444 g/mol. The molecule has 1 aromatic heterocycles. The van der Waals surface area contributed by atoms with E-state index >= 15 is 0 Å². The minimum absolute atomic E-state index is 0.0105. The summed E-state index contributed by atoms with van der Waals surface area (Å²) in [5.74, 6) is 0.277. The molecule has 0 radical (unpaired) electrons. The molecule has 2 aliphatic rings. The molecule has 2 aromatic rings. The van der Waals surface area contributed by atoms with E-state index < -0.39 is 0 Å². The number of nitrogens with one attached hydrogen (secondary N) is 1. The summed E-state index contributed by atoms with van der Waals surface area (Å²) in [6.45, 7) is 2.76. The number of carbonyl (C=O) groups excluding carboxylic acids is 1. The van der Waals surface area contributed by atoms with Crippen molar-refractivity contribution < 1.29 is 4.79 Å². The third-order valence-corrected chi connectivity index (χ3v) is 7.93. The Morgan fingerprint density at radius 3 is 2.77 bits per heavy atom. The van der Waals surface area contributed by atoms with E-state index in [2.05, 4.69) is 24.4 Å². The highest BCUT2D eigenvalue weighted by Gasteiger charge is 2.29. The van der Waals surface area contributed by atoms with Crippen LogP contribution in [0.15, 0.2) is 45.2 Å². The molecule has 0 saturated heterocycles. The summed E-state index contributed by atoms with van der Waals surface area (Å²) in [7, 11) is 0. The van der Waals surface area contributed by atoms with Crippen molar-refractivity contribution in [2.75, 3.05) is 12.3 Å². The summed E-state index contributed by atoms with van der Waals surface area (Å²) in [4.78, 5) is 31.4. The maximum Gasteiger partial charge on any atom is 0.268 e. The summed E-state index contributed by atoms with van der Waals surface area (Å²) >= 11 is 3.06. The SMILES string of the molecule is CC1Cc2nc(SCC(=O)NCCc3ccccc3)n(C3CCCCC3)c(=O)c2S1. The molecule has 1 unspecified atom stereocenters. The second-order valence-electron chi connectivity index (χ2n) is 8.14. The van der Waals surface area contributed by atoms with E-state index in [0.29, 0.717) is 11.8 Å². The molecule has 1 saturated carbocycles. The van der Waals surface area contributed by atoms with Crippen molar-refractivity contribution in [1.29, 1.82) is 0 Å². The molecule has 1 aliphatic heterocycles. The van der Waals surface area contributed by atoms with Crippen molar-refractivity contribution in [1.82, 2.24) is 14.9 Å². The van der Waals surface area contributed by atoms with Crippen LogP contribution in [0.25, 0.3) is 0 Å². The lowest BCUT2D eigenvalue weighted by atomic mass is 9.95. The van der Waals surface area contributed by atoms with Gasteiger partial charge in [0.1, 0.15) is 0 Å². The highest BCUT2D eigenvalue weighted by molar-refractivity contribution is 8.00. The molecule has 1 fully saturated rings. The van der Waals surface area contributed by atoms with Crippen LogP contribution >= 0.6 is 23.5 Å². The highest BCUT2D eigenvalue weighted by atomic mass is 32.2. The quantitative estimate of drug-likeness (QED) is 0.512. The average Bonchev–Trinajstić information content (AvgIpc) is 3.14. The van der Waals surface area contributed by atoms with Crippen molar-refractivity contribution >= 4 is 29.4 Å². The normalized spacial score (nSPS) is 18.9. The Morgan fingerprint density at radius 2 is 2.00 bits per heavy atom. The molecule has 5 nitrogen and oxygen atoms in total. The number of fused-ring (bicyclic) bond motifs is 1. The van der Waals surface area contributed by atoms with Gasteiger partial charge in [-0.15, -0.1) is 11.8 Å². The van der Waals surface area contributed by atoms with Crippen molar-refractivity contribution in [3.8, 4) is 0 Å². The molecule has 0 spiro atoms. The molecule has 1 atom stereocenters. The fourth-order valence-corrected chi connectivity index (χ4v) is 6.26. The molecule has 7 heteroatoms. The van der Waals surface area contributed by atoms with E-state index in [4.69, 9.17) is 4.98 Å². The van der Waals surface area contributed by atoms with Gasteiger partial charge >= 0.3 is 0 Å². The maximum atomic E-state index is 13.3. The van der Waals surface area contributed by atoms with Crippen LogP contribution in [0.1, 0.15) is 56.3 Å². The topological polar surface area (TPSA) is 64.0 Å². The number of thioether (sulfide) groups is 2. The number of hydrogen-bond acceptors (Lipinski definition) is 5. The fourth-order valence-electron chi connectivity index (χ4n) is 4.25. The lowest BCUT2D eigenvalue weighted by Crippen LogP contribution is -2.31. The van der Waals surface area contributed by atoms with Gasteiger partial charge in [-0.05, 0) is 24.8 Å². The second-order valence-corrected chi connectivity index (χ2v) is 10.5. The van der Waals surface area contributed by atoms with Crippen molar-refractivity contribution in [3.63, 3.8) is 0 Å². The molecule has 1 N–H and O–H groups in total. The molecule has 2 heterocycles. The molecular weight excluding hydrogens is 414 g/mol. The van der Waals surface area contributed by atoms with Crippen LogP contribution in [0.2, 0.25) is 0 Å². The zero-order chi connectivity index (χ0) is 20.9. The van der Waals surface area contributed by atoms with Crippen LogP contribution in [0, 0.1) is 0 Å².